The van der Waals surface area contributed by atoms with Crippen molar-refractivity contribution in [3.8, 4) is 39.5 Å². The first kappa shape index (κ1) is 66.6. The SMILES string of the molecule is CCCCn1cc(-c2cc(F)c(O)c(F)c2)c2ccncc2c1=O.CCCCn1cc(-c2cc(F)c(OCc3ccccc3)c(F)c2)c2ccncc2c1=O.CCCCn1cc(Br)c2ccncc2c1=O.OB(O)c1cc(F)c(OCc2ccccc2)c(F)c1. The van der Waals surface area contributed by atoms with Crippen LogP contribution < -0.4 is 31.6 Å². The number of halogens is 7. The minimum Gasteiger partial charge on any atom is -0.503 e. The molecular formula is C68H62BBrF6N6O8. The highest BCUT2D eigenvalue weighted by molar-refractivity contribution is 9.10. The number of pyridine rings is 6. The van der Waals surface area contributed by atoms with E-state index in [0.29, 0.717) is 56.7 Å². The first-order chi connectivity index (χ1) is 43.4. The van der Waals surface area contributed by atoms with E-state index in [2.05, 4.69) is 37.8 Å². The van der Waals surface area contributed by atoms with Crippen LogP contribution in [-0.4, -0.2) is 50.9 Å². The molecule has 6 aromatic heterocycles. The molecule has 0 atom stereocenters. The summed E-state index contributed by atoms with van der Waals surface area (Å²) < 4.78 is 101. The number of phenolic OH excluding ortho intramolecular Hbond substituents is 1. The molecule has 0 bridgehead atoms. The molecule has 0 saturated carbocycles. The second kappa shape index (κ2) is 31.7. The normalized spacial score (nSPS) is 10.9. The molecule has 0 saturated heterocycles. The van der Waals surface area contributed by atoms with Crippen LogP contribution >= 0.6 is 15.9 Å². The Morgan fingerprint density at radius 3 is 1.19 bits per heavy atom. The van der Waals surface area contributed by atoms with Gasteiger partial charge in [-0.3, -0.25) is 29.3 Å². The van der Waals surface area contributed by atoms with Gasteiger partial charge < -0.3 is 38.3 Å². The minimum absolute atomic E-state index is 0.0235. The summed E-state index contributed by atoms with van der Waals surface area (Å²) >= 11 is 3.49. The van der Waals surface area contributed by atoms with E-state index in [9.17, 15) is 45.8 Å². The van der Waals surface area contributed by atoms with Crippen LogP contribution in [0.25, 0.3) is 54.6 Å². The summed E-state index contributed by atoms with van der Waals surface area (Å²) in [4.78, 5) is 49.4. The van der Waals surface area contributed by atoms with Gasteiger partial charge in [0.2, 0.25) is 0 Å². The average Bonchev–Trinajstić information content (AvgIpc) is 0.808. The van der Waals surface area contributed by atoms with Crippen molar-refractivity contribution in [1.82, 2.24) is 28.7 Å². The third-order valence-corrected chi connectivity index (χ3v) is 14.9. The number of hydrogen-bond acceptors (Lipinski definition) is 11. The van der Waals surface area contributed by atoms with Gasteiger partial charge in [0.15, 0.2) is 52.2 Å². The van der Waals surface area contributed by atoms with E-state index < -0.39 is 59.3 Å². The summed E-state index contributed by atoms with van der Waals surface area (Å²) in [6.07, 6.45) is 20.0. The third kappa shape index (κ3) is 16.5. The third-order valence-electron chi connectivity index (χ3n) is 14.3. The Morgan fingerprint density at radius 1 is 0.467 bits per heavy atom. The van der Waals surface area contributed by atoms with E-state index in [-0.39, 0.29) is 40.9 Å². The van der Waals surface area contributed by atoms with E-state index >= 15 is 0 Å². The second-order valence-corrected chi connectivity index (χ2v) is 21.5. The maximum Gasteiger partial charge on any atom is 0.488 e. The topological polar surface area (TPSA) is 184 Å². The Balaban J connectivity index is 0.000000160. The average molecular weight is 1300 g/mol. The first-order valence-corrected chi connectivity index (χ1v) is 29.6. The van der Waals surface area contributed by atoms with Gasteiger partial charge in [0, 0.05) is 96.4 Å². The summed E-state index contributed by atoms with van der Waals surface area (Å²) in [6.45, 7) is 8.04. The fourth-order valence-corrected chi connectivity index (χ4v) is 10.1. The van der Waals surface area contributed by atoms with Gasteiger partial charge in [0.25, 0.3) is 16.7 Å². The maximum absolute atomic E-state index is 14.8. The van der Waals surface area contributed by atoms with Crippen LogP contribution in [0.1, 0.15) is 70.4 Å². The fraction of sp³-hybridized carbons (Fsp3) is 0.206. The number of nitrogens with zero attached hydrogens (tertiary/aromatic N) is 6. The molecule has 14 nitrogen and oxygen atoms in total. The lowest BCUT2D eigenvalue weighted by atomic mass is 9.80. The number of unbranched alkanes of at least 4 members (excludes halogenated alkanes) is 3. The lowest BCUT2D eigenvalue weighted by Crippen LogP contribution is -2.30. The zero-order valence-electron chi connectivity index (χ0n) is 49.2. The molecule has 90 heavy (non-hydrogen) atoms. The minimum atomic E-state index is -1.92. The number of ether oxygens (including phenoxy) is 2. The van der Waals surface area contributed by atoms with Crippen molar-refractivity contribution in [3.63, 3.8) is 0 Å². The molecule has 11 rings (SSSR count). The van der Waals surface area contributed by atoms with Crippen LogP contribution in [0.5, 0.6) is 17.2 Å². The molecule has 0 unspecified atom stereocenters. The van der Waals surface area contributed by atoms with Gasteiger partial charge in [-0.15, -0.1) is 0 Å². The maximum atomic E-state index is 14.8. The molecule has 6 heterocycles. The number of hydrogen-bond donors (Lipinski definition) is 3. The molecule has 22 heteroatoms. The van der Waals surface area contributed by atoms with Crippen LogP contribution in [0.2, 0.25) is 0 Å². The Morgan fingerprint density at radius 2 is 0.811 bits per heavy atom. The number of aromatic hydroxyl groups is 1. The standard InChI is InChI=1S/C25H22F2N2O2.C18H16F2N2O2.C13H11BF2O3.C12H13BrN2O/c1-2-3-11-29-15-21(19-9-10-28-14-20(19)25(29)30)18-12-22(26)24(23(27)13-18)31-16-17-7-5-4-6-8-17;1-2-3-6-22-10-14(11-7-15(19)17(23)16(20)8-11)12-4-5-21-9-13(12)18(22)24;15-11-6-10(14(17)18)7-12(16)13(11)19-8-9-4-2-1-3-5-9;1-2-3-6-15-8-11(13)9-4-5-14-7-10(9)12(15)16/h4-10,12-15H,2-3,11,16H2,1H3;4-5,7-10,23H,2-3,6H2,1H3;1-7,17-18H,8H2;4-5,7-8H,2-3,6H2,1H3. The summed E-state index contributed by atoms with van der Waals surface area (Å²) in [5, 5.41) is 30.6. The molecule has 11 aromatic rings. The second-order valence-electron chi connectivity index (χ2n) is 20.7. The Kier molecular flexibility index (Phi) is 23.4. The van der Waals surface area contributed by atoms with E-state index in [0.717, 1.165) is 90.3 Å². The number of aryl methyl sites for hydroxylation is 3. The van der Waals surface area contributed by atoms with E-state index in [1.807, 2.05) is 62.5 Å². The summed E-state index contributed by atoms with van der Waals surface area (Å²) in [5.41, 5.74) is 2.69. The smallest absolute Gasteiger partial charge is 0.488 e. The number of benzene rings is 5. The van der Waals surface area contributed by atoms with Crippen molar-refractivity contribution in [1.29, 1.82) is 0 Å². The van der Waals surface area contributed by atoms with Gasteiger partial charge >= 0.3 is 7.12 Å². The van der Waals surface area contributed by atoms with Crippen molar-refractivity contribution in [2.24, 2.45) is 0 Å². The molecular weight excluding hydrogens is 1230 g/mol. The van der Waals surface area contributed by atoms with Gasteiger partial charge in [-0.1, -0.05) is 101 Å². The highest BCUT2D eigenvalue weighted by Crippen LogP contribution is 2.34. The number of aromatic nitrogens is 6. The van der Waals surface area contributed by atoms with Gasteiger partial charge in [-0.05, 0) is 128 Å². The van der Waals surface area contributed by atoms with Crippen molar-refractivity contribution in [2.45, 2.75) is 92.1 Å². The van der Waals surface area contributed by atoms with Crippen LogP contribution in [0.3, 0.4) is 0 Å². The van der Waals surface area contributed by atoms with E-state index in [1.165, 1.54) is 35.3 Å². The van der Waals surface area contributed by atoms with Crippen LogP contribution in [0, 0.1) is 34.9 Å². The van der Waals surface area contributed by atoms with Gasteiger partial charge in [-0.25, -0.2) is 26.3 Å². The quantitative estimate of drug-likeness (QED) is 0.0549. The first-order valence-electron chi connectivity index (χ1n) is 28.9. The summed E-state index contributed by atoms with van der Waals surface area (Å²) in [5.74, 6) is -7.58. The Hall–Kier alpha value is -9.38. The molecule has 5 aromatic carbocycles. The number of phenols is 1. The van der Waals surface area contributed by atoms with Crippen LogP contribution in [0.4, 0.5) is 26.3 Å². The van der Waals surface area contributed by atoms with E-state index in [1.54, 1.807) is 76.5 Å². The van der Waals surface area contributed by atoms with Crippen molar-refractivity contribution in [2.75, 3.05) is 0 Å². The van der Waals surface area contributed by atoms with Crippen LogP contribution in [-0.2, 0) is 32.8 Å². The van der Waals surface area contributed by atoms with Gasteiger partial charge in [0.05, 0.1) is 16.2 Å². The monoisotopic (exact) mass is 1290 g/mol. The molecule has 0 amide bonds. The Bertz CT molecular complexity index is 4400. The molecule has 0 aliphatic rings. The zero-order chi connectivity index (χ0) is 64.4. The van der Waals surface area contributed by atoms with Crippen molar-refractivity contribution >= 4 is 60.8 Å². The molecule has 0 aliphatic carbocycles. The molecule has 0 fully saturated rings. The predicted molar refractivity (Wildman–Crippen MR) is 341 cm³/mol. The molecule has 0 spiro atoms. The summed E-state index contributed by atoms with van der Waals surface area (Å²) in [7, 11) is -1.92. The highest BCUT2D eigenvalue weighted by Gasteiger charge is 2.21. The number of rotatable bonds is 18. The lowest BCUT2D eigenvalue weighted by molar-refractivity contribution is 0.274. The lowest BCUT2D eigenvalue weighted by Gasteiger charge is -2.14. The van der Waals surface area contributed by atoms with E-state index in [4.69, 9.17) is 19.5 Å². The van der Waals surface area contributed by atoms with Crippen molar-refractivity contribution in [3.05, 3.63) is 253 Å². The molecule has 464 valence electrons. The summed E-state index contributed by atoms with van der Waals surface area (Å²) in [6, 6.07) is 29.5. The molecule has 0 aliphatic heterocycles. The predicted octanol–water partition coefficient (Wildman–Crippen LogP) is 13.8. The largest absolute Gasteiger partial charge is 0.503 e. The van der Waals surface area contributed by atoms with Crippen LogP contribution in [0.15, 0.2) is 190 Å². The Labute approximate surface area is 522 Å². The van der Waals surface area contributed by atoms with Gasteiger partial charge in [-0.2, -0.15) is 0 Å². The highest BCUT2D eigenvalue weighted by atomic mass is 79.9. The molecule has 3 N–H and O–H groups in total. The van der Waals surface area contributed by atoms with Gasteiger partial charge in [0.1, 0.15) is 13.2 Å². The molecule has 0 radical (unpaired) electrons. The zero-order valence-corrected chi connectivity index (χ0v) is 50.8. The van der Waals surface area contributed by atoms with Crippen molar-refractivity contribution < 1.29 is 51.0 Å². The number of fused-ring (bicyclic) bond motifs is 3. The fourth-order valence-electron chi connectivity index (χ4n) is 9.51.